The van der Waals surface area contributed by atoms with E-state index < -0.39 is 5.91 Å². The third kappa shape index (κ3) is 16.8. The number of carbonyl (C=O) groups excluding carboxylic acids is 2. The maximum atomic E-state index is 11.2. The van der Waals surface area contributed by atoms with Crippen molar-refractivity contribution in [2.24, 2.45) is 5.73 Å². The molecule has 0 saturated carbocycles. The van der Waals surface area contributed by atoms with Crippen LogP contribution in [0.25, 0.3) is 0 Å². The largest absolute Gasteiger partial charge is 0.378 e. The highest BCUT2D eigenvalue weighted by atomic mass is 16.5. The molecule has 0 rings (SSSR count). The number of nitrogens with one attached hydrogen (secondary N) is 2. The molecule has 4 N–H and O–H groups in total. The van der Waals surface area contributed by atoms with Crippen LogP contribution in [0.2, 0.25) is 0 Å². The summed E-state index contributed by atoms with van der Waals surface area (Å²) in [6.45, 7) is 3.79. The van der Waals surface area contributed by atoms with Crippen LogP contribution in [0.3, 0.4) is 0 Å². The Labute approximate surface area is 130 Å². The SMILES string of the molecule is CNCCOCCOCCOCCNC(=O)COCC(N)=O. The van der Waals surface area contributed by atoms with Crippen LogP contribution in [0.4, 0.5) is 0 Å². The highest BCUT2D eigenvalue weighted by molar-refractivity contribution is 5.78. The Kier molecular flexibility index (Phi) is 15.2. The lowest BCUT2D eigenvalue weighted by molar-refractivity contribution is -0.129. The molecule has 22 heavy (non-hydrogen) atoms. The van der Waals surface area contributed by atoms with Crippen LogP contribution in [0, 0.1) is 0 Å². The number of amides is 2. The molecular formula is C13H27N3O6. The zero-order valence-corrected chi connectivity index (χ0v) is 13.1. The second-order valence-electron chi connectivity index (χ2n) is 4.25. The molecule has 2 amide bonds. The van der Waals surface area contributed by atoms with Crippen molar-refractivity contribution < 1.29 is 28.5 Å². The molecule has 0 aliphatic heterocycles. The van der Waals surface area contributed by atoms with Crippen LogP contribution >= 0.6 is 0 Å². The third-order valence-corrected chi connectivity index (χ3v) is 2.29. The Balaban J connectivity index is 3.13. The van der Waals surface area contributed by atoms with E-state index in [0.717, 1.165) is 6.54 Å². The smallest absolute Gasteiger partial charge is 0.246 e. The van der Waals surface area contributed by atoms with Crippen molar-refractivity contribution in [2.45, 2.75) is 0 Å². The molecule has 0 aromatic rings. The number of rotatable bonds is 16. The van der Waals surface area contributed by atoms with Gasteiger partial charge in [-0.25, -0.2) is 0 Å². The summed E-state index contributed by atoms with van der Waals surface area (Å²) in [7, 11) is 1.87. The predicted molar refractivity (Wildman–Crippen MR) is 79.4 cm³/mol. The topological polar surface area (TPSA) is 121 Å². The Morgan fingerprint density at radius 3 is 1.91 bits per heavy atom. The minimum atomic E-state index is -0.608. The van der Waals surface area contributed by atoms with Crippen LogP contribution in [-0.2, 0) is 28.5 Å². The van der Waals surface area contributed by atoms with Gasteiger partial charge in [-0.05, 0) is 7.05 Å². The van der Waals surface area contributed by atoms with Gasteiger partial charge in [-0.15, -0.1) is 0 Å². The van der Waals surface area contributed by atoms with Crippen LogP contribution in [0.15, 0.2) is 0 Å². The molecule has 130 valence electrons. The number of primary amides is 1. The zero-order valence-electron chi connectivity index (χ0n) is 13.1. The van der Waals surface area contributed by atoms with Gasteiger partial charge in [-0.3, -0.25) is 9.59 Å². The second kappa shape index (κ2) is 16.1. The van der Waals surface area contributed by atoms with Crippen molar-refractivity contribution >= 4 is 11.8 Å². The van der Waals surface area contributed by atoms with E-state index in [9.17, 15) is 9.59 Å². The summed E-state index contributed by atoms with van der Waals surface area (Å²) < 4.78 is 20.6. The van der Waals surface area contributed by atoms with Crippen LogP contribution in [-0.4, -0.2) is 84.8 Å². The standard InChI is InChI=1S/C13H27N3O6/c1-15-2-4-19-6-8-21-9-7-20-5-3-16-13(18)11-22-10-12(14)17/h15H,2-11H2,1H3,(H2,14,17)(H,16,18). The number of ether oxygens (including phenoxy) is 4. The van der Waals surface area contributed by atoms with Gasteiger partial charge in [-0.1, -0.05) is 0 Å². The van der Waals surface area contributed by atoms with Gasteiger partial charge in [-0.2, -0.15) is 0 Å². The third-order valence-electron chi connectivity index (χ3n) is 2.29. The molecule has 0 bridgehead atoms. The van der Waals surface area contributed by atoms with E-state index in [0.29, 0.717) is 46.2 Å². The van der Waals surface area contributed by atoms with Crippen molar-refractivity contribution in [1.29, 1.82) is 0 Å². The van der Waals surface area contributed by atoms with Crippen LogP contribution in [0.1, 0.15) is 0 Å². The Bertz CT molecular complexity index is 291. The molecule has 0 aliphatic rings. The first-order valence-electron chi connectivity index (χ1n) is 7.17. The average molecular weight is 321 g/mol. The summed E-state index contributed by atoms with van der Waals surface area (Å²) in [5.74, 6) is -0.927. The van der Waals surface area contributed by atoms with Crippen LogP contribution < -0.4 is 16.4 Å². The van der Waals surface area contributed by atoms with Gasteiger partial charge in [0.25, 0.3) is 0 Å². The normalized spacial score (nSPS) is 10.6. The minimum Gasteiger partial charge on any atom is -0.378 e. The number of hydrogen-bond donors (Lipinski definition) is 3. The molecule has 0 aromatic carbocycles. The highest BCUT2D eigenvalue weighted by Crippen LogP contribution is 1.81. The molecule has 0 aromatic heterocycles. The van der Waals surface area contributed by atoms with E-state index >= 15 is 0 Å². The zero-order chi connectivity index (χ0) is 16.5. The first-order chi connectivity index (χ1) is 10.7. The maximum Gasteiger partial charge on any atom is 0.246 e. The fourth-order valence-corrected chi connectivity index (χ4v) is 1.27. The fourth-order valence-electron chi connectivity index (χ4n) is 1.27. The molecule has 0 atom stereocenters. The van der Waals surface area contributed by atoms with Gasteiger partial charge in [0.05, 0.1) is 39.6 Å². The van der Waals surface area contributed by atoms with Crippen molar-refractivity contribution in [3.05, 3.63) is 0 Å². The molecule has 0 saturated heterocycles. The second-order valence-corrected chi connectivity index (χ2v) is 4.25. The van der Waals surface area contributed by atoms with Gasteiger partial charge in [0, 0.05) is 13.1 Å². The Morgan fingerprint density at radius 2 is 1.36 bits per heavy atom. The average Bonchev–Trinajstić information content (AvgIpc) is 2.48. The van der Waals surface area contributed by atoms with Gasteiger partial charge in [0.2, 0.25) is 11.8 Å². The Morgan fingerprint density at radius 1 is 0.818 bits per heavy atom. The van der Waals surface area contributed by atoms with E-state index in [2.05, 4.69) is 10.6 Å². The summed E-state index contributed by atoms with van der Waals surface area (Å²) in [5.41, 5.74) is 4.86. The molecule has 0 aliphatic carbocycles. The minimum absolute atomic E-state index is 0.195. The van der Waals surface area contributed by atoms with E-state index in [4.69, 9.17) is 24.7 Å². The monoisotopic (exact) mass is 321 g/mol. The van der Waals surface area contributed by atoms with Gasteiger partial charge in [0.1, 0.15) is 13.2 Å². The van der Waals surface area contributed by atoms with Crippen molar-refractivity contribution in [1.82, 2.24) is 10.6 Å². The molecular weight excluding hydrogens is 294 g/mol. The number of nitrogens with two attached hydrogens (primary N) is 1. The first-order valence-corrected chi connectivity index (χ1v) is 7.17. The summed E-state index contributed by atoms with van der Waals surface area (Å²) in [6.07, 6.45) is 0. The van der Waals surface area contributed by atoms with Crippen LogP contribution in [0.5, 0.6) is 0 Å². The molecule has 0 fully saturated rings. The summed E-state index contributed by atoms with van der Waals surface area (Å²) >= 11 is 0. The first kappa shape index (κ1) is 20.7. The summed E-state index contributed by atoms with van der Waals surface area (Å²) in [6, 6.07) is 0. The predicted octanol–water partition coefficient (Wildman–Crippen LogP) is -2.13. The molecule has 0 radical (unpaired) electrons. The number of carbonyl (C=O) groups is 2. The van der Waals surface area contributed by atoms with E-state index in [1.54, 1.807) is 0 Å². The summed E-state index contributed by atoms with van der Waals surface area (Å²) in [5, 5.41) is 5.56. The highest BCUT2D eigenvalue weighted by Gasteiger charge is 2.01. The van der Waals surface area contributed by atoms with Crippen molar-refractivity contribution in [3.8, 4) is 0 Å². The number of hydrogen-bond acceptors (Lipinski definition) is 7. The lowest BCUT2D eigenvalue weighted by Gasteiger charge is -2.08. The number of likely N-dealkylation sites (N-methyl/N-ethyl adjacent to an activating group) is 1. The van der Waals surface area contributed by atoms with E-state index in [1.807, 2.05) is 7.05 Å². The fraction of sp³-hybridized carbons (Fsp3) is 0.846. The van der Waals surface area contributed by atoms with Gasteiger partial charge < -0.3 is 35.3 Å². The lowest BCUT2D eigenvalue weighted by Crippen LogP contribution is -2.32. The lowest BCUT2D eigenvalue weighted by atomic mass is 10.5. The molecule has 0 heterocycles. The van der Waals surface area contributed by atoms with Crippen molar-refractivity contribution in [3.63, 3.8) is 0 Å². The van der Waals surface area contributed by atoms with Gasteiger partial charge >= 0.3 is 0 Å². The maximum absolute atomic E-state index is 11.2. The van der Waals surface area contributed by atoms with Gasteiger partial charge in [0.15, 0.2) is 0 Å². The van der Waals surface area contributed by atoms with Crippen molar-refractivity contribution in [2.75, 3.05) is 73.0 Å². The molecule has 0 spiro atoms. The Hall–Kier alpha value is -1.26. The van der Waals surface area contributed by atoms with E-state index in [-0.39, 0.29) is 19.1 Å². The van der Waals surface area contributed by atoms with E-state index in [1.165, 1.54) is 0 Å². The molecule has 9 heteroatoms. The molecule has 0 unspecified atom stereocenters. The quantitative estimate of drug-likeness (QED) is 0.278. The molecule has 9 nitrogen and oxygen atoms in total. The summed E-state index contributed by atoms with van der Waals surface area (Å²) in [4.78, 5) is 21.6.